The Morgan fingerprint density at radius 1 is 1.00 bits per heavy atom. The van der Waals surface area contributed by atoms with Crippen LogP contribution in [0.2, 0.25) is 19.6 Å². The van der Waals surface area contributed by atoms with Gasteiger partial charge in [0.25, 0.3) is 0 Å². The molecule has 0 aliphatic heterocycles. The van der Waals surface area contributed by atoms with E-state index >= 15 is 0 Å². The molecule has 16 heavy (non-hydrogen) atoms. The second kappa shape index (κ2) is 8.84. The van der Waals surface area contributed by atoms with Crippen molar-refractivity contribution in [2.45, 2.75) is 77.6 Å². The highest BCUT2D eigenvalue weighted by Gasteiger charge is 2.08. The number of aliphatic hydroxyl groups is 1. The number of rotatable bonds is 7. The molecule has 0 unspecified atom stereocenters. The molecular weight excluding hydrogens is 212 g/mol. The average Bonchev–Trinajstić information content (AvgIpc) is 2.19. The first-order valence-corrected chi connectivity index (χ1v) is 10.2. The lowest BCUT2D eigenvalue weighted by atomic mass is 10.1. The van der Waals surface area contributed by atoms with Gasteiger partial charge in [0.15, 0.2) is 0 Å². The third-order valence-electron chi connectivity index (χ3n) is 2.44. The Balaban J connectivity index is 3.50. The van der Waals surface area contributed by atoms with Crippen molar-refractivity contribution in [3.63, 3.8) is 0 Å². The van der Waals surface area contributed by atoms with E-state index < -0.39 is 14.2 Å². The molecule has 1 atom stereocenters. The van der Waals surface area contributed by atoms with E-state index in [1.807, 2.05) is 0 Å². The largest absolute Gasteiger partial charge is 0.380 e. The molecule has 0 saturated heterocycles. The first-order chi connectivity index (χ1) is 7.45. The monoisotopic (exact) mass is 240 g/mol. The maximum Gasteiger partial charge on any atom is 0.129 e. The minimum atomic E-state index is -1.31. The van der Waals surface area contributed by atoms with Crippen LogP contribution in [0.4, 0.5) is 0 Å². The molecule has 0 saturated carbocycles. The number of unbranched alkanes of at least 4 members (excludes halogenated alkanes) is 5. The molecule has 1 nitrogen and oxygen atoms in total. The lowest BCUT2D eigenvalue weighted by molar-refractivity contribution is 0.217. The molecule has 0 amide bonds. The molecule has 0 spiro atoms. The minimum absolute atomic E-state index is 0.391. The summed E-state index contributed by atoms with van der Waals surface area (Å²) >= 11 is 0. The summed E-state index contributed by atoms with van der Waals surface area (Å²) in [6, 6.07) is 0. The Hall–Kier alpha value is -0.263. The van der Waals surface area contributed by atoms with Crippen LogP contribution in [-0.2, 0) is 0 Å². The third-order valence-corrected chi connectivity index (χ3v) is 3.34. The highest BCUT2D eigenvalue weighted by atomic mass is 28.3. The van der Waals surface area contributed by atoms with Crippen molar-refractivity contribution in [2.75, 3.05) is 0 Å². The van der Waals surface area contributed by atoms with Crippen molar-refractivity contribution < 1.29 is 5.11 Å². The zero-order valence-electron chi connectivity index (χ0n) is 11.5. The van der Waals surface area contributed by atoms with Crippen LogP contribution in [0.5, 0.6) is 0 Å². The van der Waals surface area contributed by atoms with E-state index in [0.29, 0.717) is 0 Å². The molecule has 2 heteroatoms. The van der Waals surface area contributed by atoms with Crippen LogP contribution in [0.15, 0.2) is 0 Å². The number of hydrogen-bond acceptors (Lipinski definition) is 1. The summed E-state index contributed by atoms with van der Waals surface area (Å²) in [5.74, 6) is 2.99. The van der Waals surface area contributed by atoms with E-state index in [4.69, 9.17) is 0 Å². The summed E-state index contributed by atoms with van der Waals surface area (Å²) in [6.45, 7) is 8.85. The van der Waals surface area contributed by atoms with Crippen LogP contribution < -0.4 is 0 Å². The molecule has 0 aromatic heterocycles. The highest BCUT2D eigenvalue weighted by molar-refractivity contribution is 6.83. The van der Waals surface area contributed by atoms with Gasteiger partial charge in [-0.1, -0.05) is 64.6 Å². The lowest BCUT2D eigenvalue weighted by Crippen LogP contribution is -2.17. The van der Waals surface area contributed by atoms with Crippen molar-refractivity contribution in [3.8, 4) is 11.5 Å². The predicted octanol–water partition coefficient (Wildman–Crippen LogP) is 3.98. The number of hydrogen-bond donors (Lipinski definition) is 1. The number of aliphatic hydroxyl groups excluding tert-OH is 1. The van der Waals surface area contributed by atoms with E-state index in [9.17, 15) is 5.11 Å². The maximum atomic E-state index is 9.66. The second-order valence-electron chi connectivity index (χ2n) is 5.59. The lowest BCUT2D eigenvalue weighted by Gasteiger charge is -2.06. The van der Waals surface area contributed by atoms with Gasteiger partial charge in [-0.3, -0.25) is 0 Å². The zero-order valence-corrected chi connectivity index (χ0v) is 12.5. The first kappa shape index (κ1) is 15.7. The van der Waals surface area contributed by atoms with Crippen LogP contribution in [0.25, 0.3) is 0 Å². The molecule has 0 rings (SSSR count). The van der Waals surface area contributed by atoms with Crippen LogP contribution in [0.3, 0.4) is 0 Å². The van der Waals surface area contributed by atoms with Crippen molar-refractivity contribution in [3.05, 3.63) is 0 Å². The van der Waals surface area contributed by atoms with Gasteiger partial charge in [0.2, 0.25) is 0 Å². The molecule has 0 aliphatic rings. The fourth-order valence-electron chi connectivity index (χ4n) is 1.49. The van der Waals surface area contributed by atoms with Gasteiger partial charge in [0, 0.05) is 0 Å². The molecule has 0 aromatic carbocycles. The second-order valence-corrected chi connectivity index (χ2v) is 10.3. The Morgan fingerprint density at radius 2 is 1.56 bits per heavy atom. The zero-order chi connectivity index (χ0) is 12.4. The van der Waals surface area contributed by atoms with Crippen LogP contribution in [-0.4, -0.2) is 19.3 Å². The normalized spacial score (nSPS) is 13.1. The van der Waals surface area contributed by atoms with E-state index in [1.54, 1.807) is 0 Å². The van der Waals surface area contributed by atoms with Crippen molar-refractivity contribution in [2.24, 2.45) is 0 Å². The fraction of sp³-hybridized carbons (Fsp3) is 0.857. The molecule has 1 N–H and O–H groups in total. The van der Waals surface area contributed by atoms with Gasteiger partial charge in [-0.25, -0.2) is 0 Å². The average molecular weight is 240 g/mol. The minimum Gasteiger partial charge on any atom is -0.380 e. The summed E-state index contributed by atoms with van der Waals surface area (Å²) in [7, 11) is -1.31. The molecule has 94 valence electrons. The Kier molecular flexibility index (Phi) is 8.69. The first-order valence-electron chi connectivity index (χ1n) is 6.66. The van der Waals surface area contributed by atoms with Crippen molar-refractivity contribution in [1.29, 1.82) is 0 Å². The van der Waals surface area contributed by atoms with Gasteiger partial charge < -0.3 is 5.11 Å². The van der Waals surface area contributed by atoms with Gasteiger partial charge in [-0.05, 0) is 12.8 Å². The maximum absolute atomic E-state index is 9.66. The Labute approximate surface area is 103 Å². The molecular formula is C14H28OSi. The molecule has 0 bridgehead atoms. The van der Waals surface area contributed by atoms with Crippen molar-refractivity contribution >= 4 is 8.07 Å². The quantitative estimate of drug-likeness (QED) is 0.405. The molecule has 0 radical (unpaired) electrons. The summed E-state index contributed by atoms with van der Waals surface area (Å²) in [6.07, 6.45) is 8.11. The van der Waals surface area contributed by atoms with E-state index in [2.05, 4.69) is 38.0 Å². The van der Waals surface area contributed by atoms with Crippen LogP contribution in [0.1, 0.15) is 51.9 Å². The van der Waals surface area contributed by atoms with Gasteiger partial charge in [0.05, 0.1) is 0 Å². The predicted molar refractivity (Wildman–Crippen MR) is 75.1 cm³/mol. The molecule has 0 aromatic rings. The van der Waals surface area contributed by atoms with Crippen LogP contribution >= 0.6 is 0 Å². The smallest absolute Gasteiger partial charge is 0.129 e. The van der Waals surface area contributed by atoms with E-state index in [0.717, 1.165) is 12.8 Å². The fourth-order valence-corrected chi connectivity index (χ4v) is 2.09. The van der Waals surface area contributed by atoms with Gasteiger partial charge >= 0.3 is 0 Å². The van der Waals surface area contributed by atoms with E-state index in [-0.39, 0.29) is 0 Å². The highest BCUT2D eigenvalue weighted by Crippen LogP contribution is 2.08. The Morgan fingerprint density at radius 3 is 2.12 bits per heavy atom. The Bertz CT molecular complexity index is 219. The summed E-state index contributed by atoms with van der Waals surface area (Å²) in [4.78, 5) is 0. The van der Waals surface area contributed by atoms with Crippen molar-refractivity contribution in [1.82, 2.24) is 0 Å². The summed E-state index contributed by atoms with van der Waals surface area (Å²) < 4.78 is 0. The van der Waals surface area contributed by atoms with Gasteiger partial charge in [-0.15, -0.1) is 5.54 Å². The SMILES string of the molecule is CCCCCCCC[C@H](O)C#C[Si](C)(C)C. The summed E-state index contributed by atoms with van der Waals surface area (Å²) in [5.41, 5.74) is 3.22. The summed E-state index contributed by atoms with van der Waals surface area (Å²) in [5, 5.41) is 9.66. The third kappa shape index (κ3) is 11.8. The topological polar surface area (TPSA) is 20.2 Å². The van der Waals surface area contributed by atoms with Crippen LogP contribution in [0, 0.1) is 11.5 Å². The molecule has 0 heterocycles. The standard InChI is InChI=1S/C14H28OSi/c1-5-6-7-8-9-10-11-14(15)12-13-16(2,3)4/h14-15H,5-11H2,1-4H3/t14-/m0/s1. The van der Waals surface area contributed by atoms with Gasteiger partial charge in [0.1, 0.15) is 14.2 Å². The van der Waals surface area contributed by atoms with E-state index in [1.165, 1.54) is 32.1 Å². The molecule has 0 fully saturated rings. The van der Waals surface area contributed by atoms with Gasteiger partial charge in [-0.2, -0.15) is 0 Å². The molecule has 0 aliphatic carbocycles.